The minimum Gasteiger partial charge on any atom is -0.489 e. The lowest BCUT2D eigenvalue weighted by atomic mass is 9.99. The Kier molecular flexibility index (Phi) is 4.37. The van der Waals surface area contributed by atoms with Crippen molar-refractivity contribution in [1.82, 2.24) is 5.32 Å². The average Bonchev–Trinajstić information content (AvgIpc) is 2.86. The molecule has 1 aliphatic rings. The summed E-state index contributed by atoms with van der Waals surface area (Å²) in [6.45, 7) is 0.544. The Balaban J connectivity index is 1.89. The quantitative estimate of drug-likeness (QED) is 0.850. The number of para-hydroxylation sites is 1. The summed E-state index contributed by atoms with van der Waals surface area (Å²) >= 11 is 0. The zero-order valence-electron chi connectivity index (χ0n) is 10.3. The SMILES string of the molecule is CNC(COc1ccccc1F)C1CCCC1. The lowest BCUT2D eigenvalue weighted by molar-refractivity contribution is 0.218. The van der Waals surface area contributed by atoms with Gasteiger partial charge in [-0.2, -0.15) is 0 Å². The number of ether oxygens (including phenoxy) is 1. The minimum absolute atomic E-state index is 0.284. The van der Waals surface area contributed by atoms with Crippen LogP contribution in [0.5, 0.6) is 5.75 Å². The highest BCUT2D eigenvalue weighted by Gasteiger charge is 2.24. The highest BCUT2D eigenvalue weighted by Crippen LogP contribution is 2.28. The van der Waals surface area contributed by atoms with Crippen molar-refractivity contribution < 1.29 is 9.13 Å². The lowest BCUT2D eigenvalue weighted by Crippen LogP contribution is -2.37. The highest BCUT2D eigenvalue weighted by atomic mass is 19.1. The molecule has 1 aliphatic carbocycles. The molecule has 0 saturated heterocycles. The summed E-state index contributed by atoms with van der Waals surface area (Å²) in [5.41, 5.74) is 0. The van der Waals surface area contributed by atoms with E-state index in [2.05, 4.69) is 5.32 Å². The second-order valence-corrected chi connectivity index (χ2v) is 4.68. The van der Waals surface area contributed by atoms with Crippen LogP contribution in [0, 0.1) is 11.7 Å². The van der Waals surface area contributed by atoms with Gasteiger partial charge in [0.1, 0.15) is 6.61 Å². The highest BCUT2D eigenvalue weighted by molar-refractivity contribution is 5.23. The molecule has 2 rings (SSSR count). The fraction of sp³-hybridized carbons (Fsp3) is 0.571. The van der Waals surface area contributed by atoms with Crippen molar-refractivity contribution in [2.45, 2.75) is 31.7 Å². The van der Waals surface area contributed by atoms with Crippen molar-refractivity contribution >= 4 is 0 Å². The monoisotopic (exact) mass is 237 g/mol. The second kappa shape index (κ2) is 6.01. The zero-order valence-corrected chi connectivity index (χ0v) is 10.3. The van der Waals surface area contributed by atoms with E-state index < -0.39 is 0 Å². The van der Waals surface area contributed by atoms with Gasteiger partial charge in [-0.1, -0.05) is 25.0 Å². The zero-order chi connectivity index (χ0) is 12.1. The molecule has 1 saturated carbocycles. The third kappa shape index (κ3) is 3.19. The van der Waals surface area contributed by atoms with E-state index >= 15 is 0 Å². The molecule has 1 atom stereocenters. The topological polar surface area (TPSA) is 21.3 Å². The molecule has 2 nitrogen and oxygen atoms in total. The Morgan fingerprint density at radius 3 is 2.71 bits per heavy atom. The van der Waals surface area contributed by atoms with Crippen LogP contribution < -0.4 is 10.1 Å². The van der Waals surface area contributed by atoms with E-state index in [1.165, 1.54) is 31.7 Å². The van der Waals surface area contributed by atoms with Gasteiger partial charge >= 0.3 is 0 Å². The number of nitrogens with one attached hydrogen (secondary N) is 1. The maximum atomic E-state index is 13.4. The predicted octanol–water partition coefficient (Wildman–Crippen LogP) is 2.98. The van der Waals surface area contributed by atoms with Crippen LogP contribution >= 0.6 is 0 Å². The third-order valence-electron chi connectivity index (χ3n) is 3.59. The van der Waals surface area contributed by atoms with Gasteiger partial charge in [0.2, 0.25) is 0 Å². The molecule has 1 aromatic carbocycles. The van der Waals surface area contributed by atoms with Gasteiger partial charge in [-0.15, -0.1) is 0 Å². The molecule has 94 valence electrons. The van der Waals surface area contributed by atoms with Crippen LogP contribution in [0.15, 0.2) is 24.3 Å². The molecule has 0 bridgehead atoms. The summed E-state index contributed by atoms with van der Waals surface area (Å²) < 4.78 is 18.9. The Morgan fingerprint density at radius 2 is 2.06 bits per heavy atom. The second-order valence-electron chi connectivity index (χ2n) is 4.68. The van der Waals surface area contributed by atoms with Gasteiger partial charge in [-0.05, 0) is 37.9 Å². The Bertz CT molecular complexity index is 350. The first kappa shape index (κ1) is 12.4. The Morgan fingerprint density at radius 1 is 1.35 bits per heavy atom. The molecule has 1 N–H and O–H groups in total. The van der Waals surface area contributed by atoms with Crippen LogP contribution in [0.3, 0.4) is 0 Å². The van der Waals surface area contributed by atoms with Gasteiger partial charge in [0.05, 0.1) is 0 Å². The van der Waals surface area contributed by atoms with Crippen LogP contribution in [-0.2, 0) is 0 Å². The molecule has 0 aliphatic heterocycles. The first-order chi connectivity index (χ1) is 8.31. The first-order valence-electron chi connectivity index (χ1n) is 6.36. The lowest BCUT2D eigenvalue weighted by Gasteiger charge is -2.23. The van der Waals surface area contributed by atoms with E-state index in [9.17, 15) is 4.39 Å². The molecule has 0 aromatic heterocycles. The summed E-state index contributed by atoms with van der Waals surface area (Å²) in [5, 5.41) is 3.29. The van der Waals surface area contributed by atoms with Gasteiger partial charge < -0.3 is 10.1 Å². The van der Waals surface area contributed by atoms with E-state index in [1.54, 1.807) is 18.2 Å². The smallest absolute Gasteiger partial charge is 0.165 e. The molecule has 1 fully saturated rings. The van der Waals surface area contributed by atoms with Crippen LogP contribution in [0.1, 0.15) is 25.7 Å². The molecular weight excluding hydrogens is 217 g/mol. The van der Waals surface area contributed by atoms with E-state index in [1.807, 2.05) is 7.05 Å². The van der Waals surface area contributed by atoms with Crippen LogP contribution in [0.4, 0.5) is 4.39 Å². The van der Waals surface area contributed by atoms with Crippen LogP contribution in [-0.4, -0.2) is 19.7 Å². The number of likely N-dealkylation sites (N-methyl/N-ethyl adjacent to an activating group) is 1. The number of hydrogen-bond acceptors (Lipinski definition) is 2. The van der Waals surface area contributed by atoms with E-state index in [0.717, 1.165) is 0 Å². The third-order valence-corrected chi connectivity index (χ3v) is 3.59. The van der Waals surface area contributed by atoms with Gasteiger partial charge in [0, 0.05) is 6.04 Å². The fourth-order valence-electron chi connectivity index (χ4n) is 2.56. The van der Waals surface area contributed by atoms with E-state index in [-0.39, 0.29) is 5.82 Å². The van der Waals surface area contributed by atoms with Gasteiger partial charge in [-0.3, -0.25) is 0 Å². The van der Waals surface area contributed by atoms with Crippen LogP contribution in [0.2, 0.25) is 0 Å². The molecule has 17 heavy (non-hydrogen) atoms. The van der Waals surface area contributed by atoms with Crippen molar-refractivity contribution in [3.05, 3.63) is 30.1 Å². The molecule has 0 spiro atoms. The van der Waals surface area contributed by atoms with E-state index in [4.69, 9.17) is 4.74 Å². The van der Waals surface area contributed by atoms with Crippen molar-refractivity contribution in [2.75, 3.05) is 13.7 Å². The molecule has 1 aromatic rings. The maximum absolute atomic E-state index is 13.4. The summed E-state index contributed by atoms with van der Waals surface area (Å²) in [6, 6.07) is 6.91. The van der Waals surface area contributed by atoms with Crippen molar-refractivity contribution in [3.63, 3.8) is 0 Å². The largest absolute Gasteiger partial charge is 0.489 e. The van der Waals surface area contributed by atoms with Crippen molar-refractivity contribution in [1.29, 1.82) is 0 Å². The molecule has 0 amide bonds. The standard InChI is InChI=1S/C14H20FNO/c1-16-13(11-6-2-3-7-11)10-17-14-9-5-4-8-12(14)15/h4-5,8-9,11,13,16H,2-3,6-7,10H2,1H3. The molecule has 1 unspecified atom stereocenters. The first-order valence-corrected chi connectivity index (χ1v) is 6.36. The summed E-state index contributed by atoms with van der Waals surface area (Å²) in [6.07, 6.45) is 5.13. The van der Waals surface area contributed by atoms with Crippen molar-refractivity contribution in [3.8, 4) is 5.75 Å². The fourth-order valence-corrected chi connectivity index (χ4v) is 2.56. The Hall–Kier alpha value is -1.09. The number of hydrogen-bond donors (Lipinski definition) is 1. The summed E-state index contributed by atoms with van der Waals surface area (Å²) in [4.78, 5) is 0. The number of rotatable bonds is 5. The average molecular weight is 237 g/mol. The Labute approximate surface area is 102 Å². The van der Waals surface area contributed by atoms with Gasteiger partial charge in [0.15, 0.2) is 11.6 Å². The molecule has 3 heteroatoms. The normalized spacial score (nSPS) is 18.2. The molecule has 0 radical (unpaired) electrons. The summed E-state index contributed by atoms with van der Waals surface area (Å²) in [7, 11) is 1.95. The van der Waals surface area contributed by atoms with Crippen LogP contribution in [0.25, 0.3) is 0 Å². The van der Waals surface area contributed by atoms with Gasteiger partial charge in [0.25, 0.3) is 0 Å². The number of benzene rings is 1. The minimum atomic E-state index is -0.284. The predicted molar refractivity (Wildman–Crippen MR) is 66.7 cm³/mol. The van der Waals surface area contributed by atoms with Crippen molar-refractivity contribution in [2.24, 2.45) is 5.92 Å². The number of halogens is 1. The van der Waals surface area contributed by atoms with E-state index in [0.29, 0.717) is 24.3 Å². The van der Waals surface area contributed by atoms with Gasteiger partial charge in [-0.25, -0.2) is 4.39 Å². The molecule has 0 heterocycles. The summed E-state index contributed by atoms with van der Waals surface area (Å²) in [5.74, 6) is 0.742. The molecular formula is C14H20FNO. The maximum Gasteiger partial charge on any atom is 0.165 e.